The zero-order chi connectivity index (χ0) is 13.0. The molecule has 7 heteroatoms. The summed E-state index contributed by atoms with van der Waals surface area (Å²) in [6.45, 7) is 2.14. The van der Waals surface area contributed by atoms with Gasteiger partial charge in [0.1, 0.15) is 10.7 Å². The third-order valence-electron chi connectivity index (χ3n) is 2.33. The highest BCUT2D eigenvalue weighted by molar-refractivity contribution is 7.12. The van der Waals surface area contributed by atoms with Gasteiger partial charge in [0, 0.05) is 19.5 Å². The van der Waals surface area contributed by atoms with Gasteiger partial charge in [0.15, 0.2) is 0 Å². The van der Waals surface area contributed by atoms with Crippen molar-refractivity contribution in [2.45, 2.75) is 6.92 Å². The number of halogens is 1. The van der Waals surface area contributed by atoms with E-state index in [-0.39, 0.29) is 17.7 Å². The van der Waals surface area contributed by atoms with E-state index in [4.69, 9.17) is 22.5 Å². The minimum Gasteiger partial charge on any atom is -0.409 e. The number of rotatable bonds is 4. The number of amides is 1. The van der Waals surface area contributed by atoms with E-state index in [9.17, 15) is 4.79 Å². The van der Waals surface area contributed by atoms with Gasteiger partial charge >= 0.3 is 0 Å². The van der Waals surface area contributed by atoms with Crippen LogP contribution in [0.15, 0.2) is 16.6 Å². The number of thiophene rings is 1. The van der Waals surface area contributed by atoms with Crippen molar-refractivity contribution in [3.05, 3.63) is 21.3 Å². The topological polar surface area (TPSA) is 78.9 Å². The molecule has 1 atom stereocenters. The molecule has 0 radical (unpaired) electrons. The van der Waals surface area contributed by atoms with Crippen LogP contribution in [-0.4, -0.2) is 35.4 Å². The van der Waals surface area contributed by atoms with Gasteiger partial charge in [-0.25, -0.2) is 0 Å². The summed E-state index contributed by atoms with van der Waals surface area (Å²) >= 11 is 7.17. The summed E-state index contributed by atoms with van der Waals surface area (Å²) in [4.78, 5) is 14.0. The first-order valence-electron chi connectivity index (χ1n) is 4.93. The van der Waals surface area contributed by atoms with Crippen molar-refractivity contribution in [2.75, 3.05) is 13.6 Å². The number of nitrogens with two attached hydrogens (primary N) is 1. The molecule has 0 aliphatic heterocycles. The van der Waals surface area contributed by atoms with Crippen molar-refractivity contribution < 1.29 is 10.0 Å². The van der Waals surface area contributed by atoms with Gasteiger partial charge in [-0.1, -0.05) is 23.7 Å². The first-order valence-corrected chi connectivity index (χ1v) is 6.19. The van der Waals surface area contributed by atoms with Crippen LogP contribution in [0.5, 0.6) is 0 Å². The van der Waals surface area contributed by atoms with Gasteiger partial charge < -0.3 is 15.8 Å². The van der Waals surface area contributed by atoms with Crippen LogP contribution >= 0.6 is 22.9 Å². The minimum atomic E-state index is -0.215. The smallest absolute Gasteiger partial charge is 0.265 e. The Hall–Kier alpha value is -1.27. The molecule has 1 heterocycles. The van der Waals surface area contributed by atoms with Crippen molar-refractivity contribution in [3.63, 3.8) is 0 Å². The molecule has 0 saturated heterocycles. The first kappa shape index (κ1) is 13.8. The molecule has 0 spiro atoms. The number of nitrogens with zero attached hydrogens (tertiary/aromatic N) is 2. The lowest BCUT2D eigenvalue weighted by Crippen LogP contribution is -2.36. The molecule has 1 unspecified atom stereocenters. The molecule has 0 saturated carbocycles. The molecule has 17 heavy (non-hydrogen) atoms. The standard InChI is InChI=1S/C10H14ClN3O2S/c1-6(9(12)13-16)5-14(2)10(15)8-7(11)3-4-17-8/h3-4,6,16H,5H2,1-2H3,(H2,12,13). The summed E-state index contributed by atoms with van der Waals surface area (Å²) in [6, 6.07) is 1.68. The fraction of sp³-hybridized carbons (Fsp3) is 0.400. The second-order valence-electron chi connectivity index (χ2n) is 3.71. The molecule has 94 valence electrons. The minimum absolute atomic E-state index is 0.0990. The molecule has 0 aliphatic carbocycles. The summed E-state index contributed by atoms with van der Waals surface area (Å²) in [5.74, 6) is -0.280. The Morgan fingerprint density at radius 1 is 1.76 bits per heavy atom. The Balaban J connectivity index is 2.69. The molecule has 5 nitrogen and oxygen atoms in total. The molecule has 0 fully saturated rings. The van der Waals surface area contributed by atoms with Crippen molar-refractivity contribution in [1.29, 1.82) is 0 Å². The zero-order valence-corrected chi connectivity index (χ0v) is 11.1. The van der Waals surface area contributed by atoms with E-state index in [2.05, 4.69) is 5.16 Å². The monoisotopic (exact) mass is 275 g/mol. The van der Waals surface area contributed by atoms with E-state index in [1.54, 1.807) is 25.4 Å². The average molecular weight is 276 g/mol. The maximum absolute atomic E-state index is 12.0. The largest absolute Gasteiger partial charge is 0.409 e. The second kappa shape index (κ2) is 5.88. The van der Waals surface area contributed by atoms with E-state index in [0.29, 0.717) is 16.4 Å². The predicted octanol–water partition coefficient (Wildman–Crippen LogP) is 1.86. The number of oxime groups is 1. The second-order valence-corrected chi connectivity index (χ2v) is 5.03. The lowest BCUT2D eigenvalue weighted by Gasteiger charge is -2.20. The van der Waals surface area contributed by atoms with Crippen LogP contribution in [0.2, 0.25) is 5.02 Å². The first-order chi connectivity index (χ1) is 7.97. The van der Waals surface area contributed by atoms with Crippen LogP contribution in [0.1, 0.15) is 16.6 Å². The molecule has 3 N–H and O–H groups in total. The predicted molar refractivity (Wildman–Crippen MR) is 68.9 cm³/mol. The quantitative estimate of drug-likeness (QED) is 0.381. The van der Waals surface area contributed by atoms with E-state index >= 15 is 0 Å². The normalized spacial score (nSPS) is 13.5. The van der Waals surface area contributed by atoms with Gasteiger partial charge in [0.2, 0.25) is 0 Å². The highest BCUT2D eigenvalue weighted by atomic mass is 35.5. The van der Waals surface area contributed by atoms with E-state index < -0.39 is 0 Å². The molecule has 1 amide bonds. The SMILES string of the molecule is CC(CN(C)C(=O)c1sccc1Cl)/C(N)=N/O. The Morgan fingerprint density at radius 3 is 2.88 bits per heavy atom. The summed E-state index contributed by atoms with van der Waals surface area (Å²) in [5.41, 5.74) is 5.45. The average Bonchev–Trinajstić information content (AvgIpc) is 2.73. The molecular weight excluding hydrogens is 262 g/mol. The Labute approximate surface area is 108 Å². The number of carbonyl (C=O) groups is 1. The highest BCUT2D eigenvalue weighted by Gasteiger charge is 2.19. The van der Waals surface area contributed by atoms with Crippen molar-refractivity contribution in [3.8, 4) is 0 Å². The molecular formula is C10H14ClN3O2S. The van der Waals surface area contributed by atoms with Gasteiger partial charge in [-0.05, 0) is 11.4 Å². The molecule has 1 aromatic heterocycles. The fourth-order valence-corrected chi connectivity index (χ4v) is 2.44. The van der Waals surface area contributed by atoms with Crippen LogP contribution in [0.4, 0.5) is 0 Å². The number of hydrogen-bond donors (Lipinski definition) is 2. The lowest BCUT2D eigenvalue weighted by molar-refractivity contribution is 0.0791. The Morgan fingerprint density at radius 2 is 2.41 bits per heavy atom. The molecule has 0 aromatic carbocycles. The van der Waals surface area contributed by atoms with Crippen molar-refractivity contribution in [1.82, 2.24) is 4.90 Å². The van der Waals surface area contributed by atoms with Crippen LogP contribution in [0.3, 0.4) is 0 Å². The van der Waals surface area contributed by atoms with E-state index in [1.807, 2.05) is 0 Å². The number of hydrogen-bond acceptors (Lipinski definition) is 4. The molecule has 0 bridgehead atoms. The van der Waals surface area contributed by atoms with Gasteiger partial charge in [0.25, 0.3) is 5.91 Å². The fourth-order valence-electron chi connectivity index (χ4n) is 1.31. The zero-order valence-electron chi connectivity index (χ0n) is 9.55. The van der Waals surface area contributed by atoms with Gasteiger partial charge in [0.05, 0.1) is 5.02 Å². The van der Waals surface area contributed by atoms with Crippen molar-refractivity contribution in [2.24, 2.45) is 16.8 Å². The summed E-state index contributed by atoms with van der Waals surface area (Å²) in [7, 11) is 1.65. The van der Waals surface area contributed by atoms with Crippen LogP contribution in [0.25, 0.3) is 0 Å². The van der Waals surface area contributed by atoms with E-state index in [0.717, 1.165) is 0 Å². The summed E-state index contributed by atoms with van der Waals surface area (Å²) in [6.07, 6.45) is 0. The molecule has 1 aromatic rings. The number of amidine groups is 1. The maximum atomic E-state index is 12.0. The third kappa shape index (κ3) is 3.34. The highest BCUT2D eigenvalue weighted by Crippen LogP contribution is 2.23. The van der Waals surface area contributed by atoms with Gasteiger partial charge in [-0.15, -0.1) is 11.3 Å². The van der Waals surface area contributed by atoms with Crippen LogP contribution in [0, 0.1) is 5.92 Å². The summed E-state index contributed by atoms with van der Waals surface area (Å²) < 4.78 is 0. The van der Waals surface area contributed by atoms with Crippen LogP contribution in [-0.2, 0) is 0 Å². The third-order valence-corrected chi connectivity index (χ3v) is 3.66. The van der Waals surface area contributed by atoms with Gasteiger partial charge in [-0.2, -0.15) is 0 Å². The number of carbonyl (C=O) groups excluding carboxylic acids is 1. The summed E-state index contributed by atoms with van der Waals surface area (Å²) in [5, 5.41) is 13.6. The molecule has 1 rings (SSSR count). The Bertz CT molecular complexity index is 433. The maximum Gasteiger partial charge on any atom is 0.265 e. The van der Waals surface area contributed by atoms with E-state index in [1.165, 1.54) is 16.2 Å². The Kier molecular flexibility index (Phi) is 4.77. The van der Waals surface area contributed by atoms with Gasteiger partial charge in [-0.3, -0.25) is 4.79 Å². The van der Waals surface area contributed by atoms with Crippen molar-refractivity contribution >= 4 is 34.7 Å². The van der Waals surface area contributed by atoms with Crippen LogP contribution < -0.4 is 5.73 Å². The lowest BCUT2D eigenvalue weighted by atomic mass is 10.1. The molecule has 0 aliphatic rings.